The minimum atomic E-state index is -0.0162. The van der Waals surface area contributed by atoms with Crippen LogP contribution in [0.25, 0.3) is 5.69 Å². The Hall–Kier alpha value is -2.51. The fourth-order valence-corrected chi connectivity index (χ4v) is 5.11. The molecule has 0 bridgehead atoms. The lowest BCUT2D eigenvalue weighted by molar-refractivity contribution is 0.311. The number of nitrogens with zero attached hydrogens (tertiary/aromatic N) is 3. The van der Waals surface area contributed by atoms with E-state index >= 15 is 0 Å². The van der Waals surface area contributed by atoms with Crippen molar-refractivity contribution in [2.75, 3.05) is 18.5 Å². The molecule has 0 unspecified atom stereocenters. The highest BCUT2D eigenvalue weighted by Crippen LogP contribution is 2.41. The summed E-state index contributed by atoms with van der Waals surface area (Å²) in [5, 5.41) is 23.6. The zero-order valence-electron chi connectivity index (χ0n) is 20.8. The number of aryl methyl sites for hydroxylation is 1. The van der Waals surface area contributed by atoms with Gasteiger partial charge in [-0.15, -0.1) is 10.2 Å². The first-order valence-electron chi connectivity index (χ1n) is 12.2. The Morgan fingerprint density at radius 2 is 1.42 bits per heavy atom. The SMILES string of the molecule is CC.CCCc1nnc(SC(c2ccc(Cl)cc2)c2ccc(Cl)cc2)n1-c1ccc(NCCO)cc1. The molecule has 4 rings (SSSR count). The number of hydrogen-bond donors (Lipinski definition) is 2. The van der Waals surface area contributed by atoms with Crippen molar-refractivity contribution in [3.63, 3.8) is 0 Å². The number of benzene rings is 3. The predicted molar refractivity (Wildman–Crippen MR) is 153 cm³/mol. The molecule has 3 aromatic carbocycles. The highest BCUT2D eigenvalue weighted by Gasteiger charge is 2.22. The molecule has 0 radical (unpaired) electrons. The minimum absolute atomic E-state index is 0.0162. The van der Waals surface area contributed by atoms with Crippen molar-refractivity contribution in [3.8, 4) is 5.69 Å². The molecule has 0 saturated heterocycles. The number of anilines is 1. The molecule has 0 aliphatic heterocycles. The fourth-order valence-electron chi connectivity index (χ4n) is 3.66. The van der Waals surface area contributed by atoms with Gasteiger partial charge in [-0.1, -0.05) is 80.0 Å². The van der Waals surface area contributed by atoms with Gasteiger partial charge in [0.2, 0.25) is 0 Å². The number of halogens is 2. The average Bonchev–Trinajstić information content (AvgIpc) is 3.31. The summed E-state index contributed by atoms with van der Waals surface area (Å²) < 4.78 is 2.13. The van der Waals surface area contributed by atoms with Crippen LogP contribution in [0.4, 0.5) is 5.69 Å². The third kappa shape index (κ3) is 7.26. The summed E-state index contributed by atoms with van der Waals surface area (Å²) in [6, 6.07) is 23.9. The van der Waals surface area contributed by atoms with E-state index in [1.807, 2.05) is 86.6 Å². The average molecular weight is 544 g/mol. The molecule has 36 heavy (non-hydrogen) atoms. The fraction of sp³-hybridized carbons (Fsp3) is 0.286. The molecule has 190 valence electrons. The van der Waals surface area contributed by atoms with E-state index in [9.17, 15) is 0 Å². The molecule has 0 amide bonds. The van der Waals surface area contributed by atoms with Crippen molar-refractivity contribution in [3.05, 3.63) is 99.8 Å². The van der Waals surface area contributed by atoms with Crippen LogP contribution < -0.4 is 5.32 Å². The highest BCUT2D eigenvalue weighted by molar-refractivity contribution is 7.99. The molecular formula is C28H32Cl2N4OS. The molecule has 8 heteroatoms. The lowest BCUT2D eigenvalue weighted by atomic mass is 10.0. The lowest BCUT2D eigenvalue weighted by Gasteiger charge is -2.19. The van der Waals surface area contributed by atoms with Crippen molar-refractivity contribution in [2.24, 2.45) is 0 Å². The van der Waals surface area contributed by atoms with E-state index in [1.165, 1.54) is 0 Å². The minimum Gasteiger partial charge on any atom is -0.395 e. The number of aliphatic hydroxyl groups excluding tert-OH is 1. The van der Waals surface area contributed by atoms with E-state index < -0.39 is 0 Å². The largest absolute Gasteiger partial charge is 0.395 e. The molecule has 2 N–H and O–H groups in total. The van der Waals surface area contributed by atoms with Crippen LogP contribution in [0.2, 0.25) is 10.0 Å². The summed E-state index contributed by atoms with van der Waals surface area (Å²) in [6.07, 6.45) is 1.79. The van der Waals surface area contributed by atoms with E-state index in [-0.39, 0.29) is 11.9 Å². The normalized spacial score (nSPS) is 10.8. The molecule has 1 heterocycles. The Kier molecular flexibility index (Phi) is 11.1. The monoisotopic (exact) mass is 542 g/mol. The maximum atomic E-state index is 9.07. The van der Waals surface area contributed by atoms with E-state index in [0.29, 0.717) is 16.6 Å². The van der Waals surface area contributed by atoms with Crippen molar-refractivity contribution in [1.29, 1.82) is 0 Å². The molecule has 0 atom stereocenters. The van der Waals surface area contributed by atoms with Gasteiger partial charge in [-0.3, -0.25) is 4.57 Å². The van der Waals surface area contributed by atoms with E-state index in [0.717, 1.165) is 46.3 Å². The Bertz CT molecular complexity index is 1150. The zero-order chi connectivity index (χ0) is 25.9. The van der Waals surface area contributed by atoms with Crippen molar-refractivity contribution >= 4 is 40.7 Å². The summed E-state index contributed by atoms with van der Waals surface area (Å²) in [7, 11) is 0. The van der Waals surface area contributed by atoms with Crippen LogP contribution in [-0.4, -0.2) is 33.0 Å². The van der Waals surface area contributed by atoms with Crippen LogP contribution in [0.3, 0.4) is 0 Å². The number of aliphatic hydroxyl groups is 1. The van der Waals surface area contributed by atoms with Crippen molar-refractivity contribution in [1.82, 2.24) is 14.8 Å². The summed E-state index contributed by atoms with van der Waals surface area (Å²) >= 11 is 14.0. The molecule has 5 nitrogen and oxygen atoms in total. The van der Waals surface area contributed by atoms with Gasteiger partial charge in [0.15, 0.2) is 5.16 Å². The Labute approximate surface area is 227 Å². The van der Waals surface area contributed by atoms with Crippen LogP contribution >= 0.6 is 35.0 Å². The summed E-state index contributed by atoms with van der Waals surface area (Å²) in [5.74, 6) is 0.923. The summed E-state index contributed by atoms with van der Waals surface area (Å²) in [5.41, 5.74) is 4.19. The quantitative estimate of drug-likeness (QED) is 0.200. The maximum Gasteiger partial charge on any atom is 0.196 e. The first-order chi connectivity index (χ1) is 17.6. The first kappa shape index (κ1) is 28.1. The number of aromatic nitrogens is 3. The van der Waals surface area contributed by atoms with Crippen LogP contribution in [-0.2, 0) is 6.42 Å². The first-order valence-corrected chi connectivity index (χ1v) is 13.8. The van der Waals surface area contributed by atoms with Crippen molar-refractivity contribution < 1.29 is 5.11 Å². The Balaban J connectivity index is 0.00000176. The van der Waals surface area contributed by atoms with Gasteiger partial charge in [0.05, 0.1) is 11.9 Å². The lowest BCUT2D eigenvalue weighted by Crippen LogP contribution is -2.07. The van der Waals surface area contributed by atoms with Crippen LogP contribution in [0.5, 0.6) is 0 Å². The van der Waals surface area contributed by atoms with Gasteiger partial charge in [-0.25, -0.2) is 0 Å². The van der Waals surface area contributed by atoms with Gasteiger partial charge in [-0.05, 0) is 66.1 Å². The van der Waals surface area contributed by atoms with Gasteiger partial charge < -0.3 is 10.4 Å². The molecular weight excluding hydrogens is 511 g/mol. The second kappa shape index (κ2) is 14.3. The molecule has 0 aliphatic carbocycles. The standard InChI is InChI=1S/C26H26Cl2N4OS.C2H6/c1-2-3-24-30-31-26(32(24)23-14-12-22(13-15-23)29-16-17-33)34-25(18-4-8-20(27)9-5-18)19-6-10-21(28)11-7-19;1-2/h4-15,25,29,33H,2-3,16-17H2,1H3;1-2H3. The van der Waals surface area contributed by atoms with Gasteiger partial charge >= 0.3 is 0 Å². The number of rotatable bonds is 10. The van der Waals surface area contributed by atoms with Gasteiger partial charge in [0.1, 0.15) is 5.82 Å². The number of thioether (sulfide) groups is 1. The van der Waals surface area contributed by atoms with Crippen molar-refractivity contribution in [2.45, 2.75) is 44.0 Å². The molecule has 0 saturated carbocycles. The van der Waals surface area contributed by atoms with E-state index in [1.54, 1.807) is 11.8 Å². The number of nitrogens with one attached hydrogen (secondary N) is 1. The molecule has 0 fully saturated rings. The van der Waals surface area contributed by atoms with Crippen LogP contribution in [0, 0.1) is 0 Å². The summed E-state index contributed by atoms with van der Waals surface area (Å²) in [4.78, 5) is 0. The second-order valence-corrected chi connectivity index (χ2v) is 9.73. The summed E-state index contributed by atoms with van der Waals surface area (Å²) in [6.45, 7) is 6.74. The molecule has 0 aliphatic rings. The molecule has 0 spiro atoms. The third-order valence-corrected chi connectivity index (χ3v) is 7.07. The Morgan fingerprint density at radius 1 is 0.861 bits per heavy atom. The molecule has 4 aromatic rings. The predicted octanol–water partition coefficient (Wildman–Crippen LogP) is 7.84. The maximum absolute atomic E-state index is 9.07. The van der Waals surface area contributed by atoms with Gasteiger partial charge in [-0.2, -0.15) is 0 Å². The molecule has 1 aromatic heterocycles. The Morgan fingerprint density at radius 3 is 1.92 bits per heavy atom. The van der Waals surface area contributed by atoms with Gasteiger partial charge in [0.25, 0.3) is 0 Å². The zero-order valence-corrected chi connectivity index (χ0v) is 23.1. The van der Waals surface area contributed by atoms with Gasteiger partial charge in [0, 0.05) is 34.4 Å². The number of hydrogen-bond acceptors (Lipinski definition) is 5. The third-order valence-electron chi connectivity index (χ3n) is 5.31. The van der Waals surface area contributed by atoms with Crippen LogP contribution in [0.15, 0.2) is 78.0 Å². The smallest absolute Gasteiger partial charge is 0.196 e. The van der Waals surface area contributed by atoms with Crippen LogP contribution in [0.1, 0.15) is 49.4 Å². The second-order valence-electron chi connectivity index (χ2n) is 7.78. The topological polar surface area (TPSA) is 63.0 Å². The van der Waals surface area contributed by atoms with E-state index in [4.69, 9.17) is 28.3 Å². The highest BCUT2D eigenvalue weighted by atomic mass is 35.5. The van der Waals surface area contributed by atoms with E-state index in [2.05, 4.69) is 27.0 Å².